The zero-order chi connectivity index (χ0) is 12.4. The van der Waals surface area contributed by atoms with Crippen molar-refractivity contribution < 1.29 is 23.7 Å². The lowest BCUT2D eigenvalue weighted by molar-refractivity contribution is -0.294. The van der Waals surface area contributed by atoms with E-state index >= 15 is 0 Å². The molecule has 1 rings (SSSR count). The molecule has 3 atom stereocenters. The van der Waals surface area contributed by atoms with Gasteiger partial charge in [-0.3, -0.25) is 0 Å². The van der Waals surface area contributed by atoms with E-state index in [9.17, 15) is 8.78 Å². The van der Waals surface area contributed by atoms with Crippen LogP contribution in [0.5, 0.6) is 0 Å². The monoisotopic (exact) mass is 239 g/mol. The van der Waals surface area contributed by atoms with Gasteiger partial charge in [0, 0.05) is 0 Å². The Kier molecular flexibility index (Phi) is 4.23. The van der Waals surface area contributed by atoms with E-state index in [0.29, 0.717) is 13.0 Å². The first-order valence-electron chi connectivity index (χ1n) is 5.38. The molecule has 1 saturated carbocycles. The maximum atomic E-state index is 13.3. The molecular weight excluding hydrogens is 220 g/mol. The van der Waals surface area contributed by atoms with Crippen LogP contribution in [-0.2, 0) is 9.78 Å². The minimum Gasteiger partial charge on any atom is -0.390 e. The van der Waals surface area contributed by atoms with Crippen molar-refractivity contribution in [3.05, 3.63) is 0 Å². The Balaban J connectivity index is 2.42. The Hall–Kier alpha value is -0.300. The molecule has 16 heavy (non-hydrogen) atoms. The highest BCUT2D eigenvalue weighted by Crippen LogP contribution is 2.50. The summed E-state index contributed by atoms with van der Waals surface area (Å²) in [6.45, 7) is 2.51. The molecule has 0 saturated heterocycles. The summed E-state index contributed by atoms with van der Waals surface area (Å²) in [5.41, 5.74) is 3.91. The largest absolute Gasteiger partial charge is 0.390 e. The van der Waals surface area contributed by atoms with Crippen LogP contribution < -0.4 is 5.73 Å². The number of hydrogen-bond donors (Lipinski definition) is 2. The van der Waals surface area contributed by atoms with Crippen molar-refractivity contribution in [2.45, 2.75) is 31.7 Å². The molecule has 96 valence electrons. The SMILES string of the molecule is CCOOC[C@H]1C[C@@H]1[C@@](C)(N)C(F)(F)CO. The Morgan fingerprint density at radius 1 is 1.44 bits per heavy atom. The van der Waals surface area contributed by atoms with Crippen LogP contribution >= 0.6 is 0 Å². The average Bonchev–Trinajstić information content (AvgIpc) is 2.98. The van der Waals surface area contributed by atoms with E-state index in [1.54, 1.807) is 6.92 Å². The van der Waals surface area contributed by atoms with Crippen molar-refractivity contribution in [2.24, 2.45) is 17.6 Å². The third kappa shape index (κ3) is 2.68. The van der Waals surface area contributed by atoms with E-state index in [1.165, 1.54) is 6.92 Å². The van der Waals surface area contributed by atoms with Gasteiger partial charge in [0.15, 0.2) is 0 Å². The van der Waals surface area contributed by atoms with Crippen LogP contribution in [0.2, 0.25) is 0 Å². The van der Waals surface area contributed by atoms with E-state index in [1.807, 2.05) is 0 Å². The smallest absolute Gasteiger partial charge is 0.288 e. The zero-order valence-electron chi connectivity index (χ0n) is 9.58. The number of aliphatic hydroxyl groups is 1. The molecule has 0 aliphatic heterocycles. The van der Waals surface area contributed by atoms with Crippen molar-refractivity contribution in [3.63, 3.8) is 0 Å². The molecule has 0 bridgehead atoms. The first kappa shape index (κ1) is 13.8. The number of aliphatic hydroxyl groups excluding tert-OH is 1. The molecule has 3 N–H and O–H groups in total. The maximum Gasteiger partial charge on any atom is 0.288 e. The Labute approximate surface area is 93.6 Å². The first-order chi connectivity index (χ1) is 7.36. The minimum atomic E-state index is -3.27. The summed E-state index contributed by atoms with van der Waals surface area (Å²) < 4.78 is 26.7. The first-order valence-corrected chi connectivity index (χ1v) is 5.38. The van der Waals surface area contributed by atoms with Gasteiger partial charge in [-0.25, -0.2) is 18.6 Å². The molecule has 1 aliphatic rings. The van der Waals surface area contributed by atoms with Gasteiger partial charge >= 0.3 is 0 Å². The lowest BCUT2D eigenvalue weighted by atomic mass is 9.88. The molecule has 0 aromatic rings. The second-order valence-electron chi connectivity index (χ2n) is 4.44. The van der Waals surface area contributed by atoms with Crippen molar-refractivity contribution in [1.29, 1.82) is 0 Å². The second-order valence-corrected chi connectivity index (χ2v) is 4.44. The molecule has 1 fully saturated rings. The average molecular weight is 239 g/mol. The highest BCUT2D eigenvalue weighted by atomic mass is 19.3. The molecule has 0 heterocycles. The maximum absolute atomic E-state index is 13.3. The van der Waals surface area contributed by atoms with Gasteiger partial charge < -0.3 is 10.8 Å². The Morgan fingerprint density at radius 2 is 2.06 bits per heavy atom. The van der Waals surface area contributed by atoms with E-state index in [4.69, 9.17) is 15.7 Å². The number of rotatable bonds is 7. The van der Waals surface area contributed by atoms with Gasteiger partial charge in [0.1, 0.15) is 6.61 Å². The molecule has 0 spiro atoms. The quantitative estimate of drug-likeness (QED) is 0.394. The van der Waals surface area contributed by atoms with E-state index in [2.05, 4.69) is 4.89 Å². The van der Waals surface area contributed by atoms with E-state index in [-0.39, 0.29) is 18.4 Å². The van der Waals surface area contributed by atoms with Crippen LogP contribution in [0.3, 0.4) is 0 Å². The number of halogens is 2. The fraction of sp³-hybridized carbons (Fsp3) is 1.00. The lowest BCUT2D eigenvalue weighted by Crippen LogP contribution is -2.57. The zero-order valence-corrected chi connectivity index (χ0v) is 9.58. The standard InChI is InChI=1S/C10H19F2NO3/c1-3-15-16-5-7-4-8(7)9(2,13)10(11,12)6-14/h7-8,14H,3-6,13H2,1-2H3/t7-,8+,9-/m1/s1. The molecule has 1 aliphatic carbocycles. The van der Waals surface area contributed by atoms with Crippen LogP contribution in [0.25, 0.3) is 0 Å². The summed E-state index contributed by atoms with van der Waals surface area (Å²) in [5.74, 6) is -3.62. The van der Waals surface area contributed by atoms with Crippen LogP contribution in [0.15, 0.2) is 0 Å². The molecule has 0 radical (unpaired) electrons. The summed E-state index contributed by atoms with van der Waals surface area (Å²) in [6.07, 6.45) is 0.579. The third-order valence-electron chi connectivity index (χ3n) is 3.16. The van der Waals surface area contributed by atoms with Crippen LogP contribution in [0.4, 0.5) is 8.78 Å². The highest BCUT2D eigenvalue weighted by Gasteiger charge is 2.60. The fourth-order valence-corrected chi connectivity index (χ4v) is 1.83. The molecule has 0 aromatic carbocycles. The topological polar surface area (TPSA) is 64.7 Å². The van der Waals surface area contributed by atoms with Crippen molar-refractivity contribution >= 4 is 0 Å². The Bertz CT molecular complexity index is 236. The number of alkyl halides is 2. The third-order valence-corrected chi connectivity index (χ3v) is 3.16. The van der Waals surface area contributed by atoms with Crippen molar-refractivity contribution in [3.8, 4) is 0 Å². The van der Waals surface area contributed by atoms with Crippen LogP contribution in [0.1, 0.15) is 20.3 Å². The van der Waals surface area contributed by atoms with Gasteiger partial charge in [0.25, 0.3) is 5.92 Å². The molecule has 4 nitrogen and oxygen atoms in total. The normalized spacial score (nSPS) is 28.9. The van der Waals surface area contributed by atoms with Gasteiger partial charge in [-0.2, -0.15) is 0 Å². The molecule has 0 aromatic heterocycles. The van der Waals surface area contributed by atoms with Gasteiger partial charge in [0.05, 0.1) is 18.8 Å². The lowest BCUT2D eigenvalue weighted by Gasteiger charge is -2.33. The van der Waals surface area contributed by atoms with Crippen molar-refractivity contribution in [2.75, 3.05) is 19.8 Å². The number of hydrogen-bond acceptors (Lipinski definition) is 4. The number of nitrogens with two attached hydrogens (primary N) is 1. The summed E-state index contributed by atoms with van der Waals surface area (Å²) >= 11 is 0. The fourth-order valence-electron chi connectivity index (χ4n) is 1.83. The minimum absolute atomic E-state index is 0.0148. The predicted molar refractivity (Wildman–Crippen MR) is 53.8 cm³/mol. The van der Waals surface area contributed by atoms with E-state index in [0.717, 1.165) is 0 Å². The predicted octanol–water partition coefficient (Wildman–Crippen LogP) is 0.936. The second kappa shape index (κ2) is 4.91. The molecule has 0 unspecified atom stereocenters. The molecule has 6 heteroatoms. The van der Waals surface area contributed by atoms with Crippen molar-refractivity contribution in [1.82, 2.24) is 0 Å². The van der Waals surface area contributed by atoms with E-state index < -0.39 is 18.1 Å². The van der Waals surface area contributed by atoms with Crippen LogP contribution in [-0.4, -0.2) is 36.4 Å². The highest BCUT2D eigenvalue weighted by molar-refractivity contribution is 5.08. The van der Waals surface area contributed by atoms with Gasteiger partial charge in [0.2, 0.25) is 0 Å². The van der Waals surface area contributed by atoms with Gasteiger partial charge in [-0.05, 0) is 32.1 Å². The summed E-state index contributed by atoms with van der Waals surface area (Å²) in [4.78, 5) is 9.50. The van der Waals surface area contributed by atoms with Gasteiger partial charge in [-0.15, -0.1) is 0 Å². The summed E-state index contributed by atoms with van der Waals surface area (Å²) in [6, 6.07) is 0. The molecular formula is C10H19F2NO3. The molecule has 0 amide bonds. The van der Waals surface area contributed by atoms with Crippen LogP contribution in [0, 0.1) is 11.8 Å². The summed E-state index contributed by atoms with van der Waals surface area (Å²) in [7, 11) is 0. The van der Waals surface area contributed by atoms with Gasteiger partial charge in [-0.1, -0.05) is 0 Å². The summed E-state index contributed by atoms with van der Waals surface area (Å²) in [5, 5.41) is 8.62. The Morgan fingerprint density at radius 3 is 2.56 bits per heavy atom.